The van der Waals surface area contributed by atoms with Crippen LogP contribution in [0.4, 0.5) is 0 Å². The molecule has 82 valence electrons. The third-order valence-corrected chi connectivity index (χ3v) is 3.32. The number of aromatic nitrogens is 2. The average molecular weight is 234 g/mol. The normalized spacial score (nSPS) is 10.3. The summed E-state index contributed by atoms with van der Waals surface area (Å²) in [6, 6.07) is 3.75. The Morgan fingerprint density at radius 2 is 2.38 bits per heavy atom. The van der Waals surface area contributed by atoms with Crippen LogP contribution in [0.15, 0.2) is 24.5 Å². The number of nitrogens with zero attached hydrogens (tertiary/aromatic N) is 2. The van der Waals surface area contributed by atoms with E-state index in [0.29, 0.717) is 0 Å². The molecule has 4 nitrogen and oxygen atoms in total. The van der Waals surface area contributed by atoms with E-state index in [1.54, 1.807) is 12.4 Å². The van der Waals surface area contributed by atoms with Gasteiger partial charge in [-0.25, -0.2) is 4.98 Å². The van der Waals surface area contributed by atoms with Gasteiger partial charge in [-0.05, 0) is 19.1 Å². The number of carboxylic acids is 1. The fourth-order valence-electron chi connectivity index (χ4n) is 1.34. The predicted octanol–water partition coefficient (Wildman–Crippen LogP) is 2.14. The van der Waals surface area contributed by atoms with E-state index in [9.17, 15) is 4.79 Å². The first-order chi connectivity index (χ1) is 7.66. The van der Waals surface area contributed by atoms with Crippen molar-refractivity contribution in [1.82, 2.24) is 9.97 Å². The summed E-state index contributed by atoms with van der Waals surface area (Å²) in [5, 5.41) is 9.56. The van der Waals surface area contributed by atoms with Crippen molar-refractivity contribution in [3.63, 3.8) is 0 Å². The average Bonchev–Trinajstić information content (AvgIpc) is 2.61. The fraction of sp³-hybridized carbons (Fsp3) is 0.182. The molecular formula is C11H10N2O2S. The topological polar surface area (TPSA) is 63.1 Å². The number of carbonyl (C=O) groups is 1. The largest absolute Gasteiger partial charge is 0.481 e. The molecule has 0 radical (unpaired) electrons. The lowest BCUT2D eigenvalue weighted by molar-refractivity contribution is -0.136. The molecule has 0 fully saturated rings. The van der Waals surface area contributed by atoms with Crippen molar-refractivity contribution in [3.8, 4) is 10.6 Å². The van der Waals surface area contributed by atoms with Crippen LogP contribution < -0.4 is 0 Å². The van der Waals surface area contributed by atoms with E-state index in [2.05, 4.69) is 9.97 Å². The van der Waals surface area contributed by atoms with Crippen molar-refractivity contribution < 1.29 is 9.90 Å². The molecule has 2 rings (SSSR count). The van der Waals surface area contributed by atoms with Crippen LogP contribution in [0.1, 0.15) is 10.6 Å². The Hall–Kier alpha value is -1.75. The molecule has 2 heterocycles. The Bertz CT molecular complexity index is 508. The van der Waals surface area contributed by atoms with E-state index in [4.69, 9.17) is 5.11 Å². The smallest absolute Gasteiger partial charge is 0.308 e. The zero-order valence-electron chi connectivity index (χ0n) is 8.67. The summed E-state index contributed by atoms with van der Waals surface area (Å²) in [6.45, 7) is 1.83. The molecule has 16 heavy (non-hydrogen) atoms. The van der Waals surface area contributed by atoms with Crippen LogP contribution in [0.3, 0.4) is 0 Å². The van der Waals surface area contributed by atoms with Crippen molar-refractivity contribution in [3.05, 3.63) is 35.1 Å². The number of thiazole rings is 1. The lowest BCUT2D eigenvalue weighted by Crippen LogP contribution is -1.99. The summed E-state index contributed by atoms with van der Waals surface area (Å²) >= 11 is 1.41. The quantitative estimate of drug-likeness (QED) is 0.883. The maximum atomic E-state index is 10.6. The first-order valence-corrected chi connectivity index (χ1v) is 5.57. The van der Waals surface area contributed by atoms with Crippen LogP contribution in [0.25, 0.3) is 10.6 Å². The van der Waals surface area contributed by atoms with Gasteiger partial charge in [-0.3, -0.25) is 9.78 Å². The molecule has 0 aromatic carbocycles. The zero-order valence-corrected chi connectivity index (χ0v) is 9.49. The standard InChI is InChI=1S/C11H10N2O2S/c1-7-9(5-10(14)15)16-11(13-7)8-3-2-4-12-6-8/h2-4,6H,5H2,1H3,(H,14,15). The maximum Gasteiger partial charge on any atom is 0.308 e. The van der Waals surface area contributed by atoms with E-state index in [0.717, 1.165) is 21.1 Å². The van der Waals surface area contributed by atoms with Crippen LogP contribution in [-0.2, 0) is 11.2 Å². The van der Waals surface area contributed by atoms with Gasteiger partial charge in [-0.2, -0.15) is 0 Å². The molecule has 5 heteroatoms. The van der Waals surface area contributed by atoms with Gasteiger partial charge in [0.05, 0.1) is 12.1 Å². The second-order valence-corrected chi connectivity index (χ2v) is 4.42. The molecule has 0 spiro atoms. The summed E-state index contributed by atoms with van der Waals surface area (Å²) in [4.78, 5) is 19.8. The Labute approximate surface area is 96.6 Å². The van der Waals surface area contributed by atoms with E-state index in [1.165, 1.54) is 11.3 Å². The van der Waals surface area contributed by atoms with Gasteiger partial charge >= 0.3 is 5.97 Å². The van der Waals surface area contributed by atoms with Gasteiger partial charge in [0.25, 0.3) is 0 Å². The van der Waals surface area contributed by atoms with Crippen molar-refractivity contribution in [1.29, 1.82) is 0 Å². The monoisotopic (exact) mass is 234 g/mol. The van der Waals surface area contributed by atoms with Crippen molar-refractivity contribution in [2.45, 2.75) is 13.3 Å². The molecule has 0 unspecified atom stereocenters. The highest BCUT2D eigenvalue weighted by Gasteiger charge is 2.11. The lowest BCUT2D eigenvalue weighted by atomic mass is 10.3. The van der Waals surface area contributed by atoms with Gasteiger partial charge in [0.15, 0.2) is 0 Å². The number of hydrogen-bond acceptors (Lipinski definition) is 4. The molecule has 0 aliphatic heterocycles. The van der Waals surface area contributed by atoms with Gasteiger partial charge in [-0.1, -0.05) is 0 Å². The minimum absolute atomic E-state index is 0.0315. The van der Waals surface area contributed by atoms with Crippen molar-refractivity contribution in [2.75, 3.05) is 0 Å². The molecule has 0 atom stereocenters. The Balaban J connectivity index is 2.34. The summed E-state index contributed by atoms with van der Waals surface area (Å²) in [7, 11) is 0. The van der Waals surface area contributed by atoms with Gasteiger partial charge in [0, 0.05) is 22.8 Å². The highest BCUT2D eigenvalue weighted by molar-refractivity contribution is 7.15. The summed E-state index contributed by atoms with van der Waals surface area (Å²) in [5.74, 6) is -0.829. The van der Waals surface area contributed by atoms with E-state index < -0.39 is 5.97 Å². The third kappa shape index (κ3) is 2.25. The van der Waals surface area contributed by atoms with Crippen molar-refractivity contribution >= 4 is 17.3 Å². The van der Waals surface area contributed by atoms with Crippen LogP contribution >= 0.6 is 11.3 Å². The number of aliphatic carboxylic acids is 1. The Morgan fingerprint density at radius 3 is 3.00 bits per heavy atom. The molecule has 0 saturated heterocycles. The fourth-order valence-corrected chi connectivity index (χ4v) is 2.39. The molecule has 0 saturated carbocycles. The lowest BCUT2D eigenvalue weighted by Gasteiger charge is -1.92. The second kappa shape index (κ2) is 4.40. The molecule has 0 aliphatic rings. The van der Waals surface area contributed by atoms with Gasteiger partial charge < -0.3 is 5.11 Å². The van der Waals surface area contributed by atoms with E-state index in [-0.39, 0.29) is 6.42 Å². The number of pyridine rings is 1. The highest BCUT2D eigenvalue weighted by Crippen LogP contribution is 2.27. The molecule has 0 amide bonds. The van der Waals surface area contributed by atoms with Gasteiger partial charge in [-0.15, -0.1) is 11.3 Å². The van der Waals surface area contributed by atoms with Crippen molar-refractivity contribution in [2.24, 2.45) is 0 Å². The number of carboxylic acid groups (broad SMARTS) is 1. The molecule has 0 bridgehead atoms. The number of rotatable bonds is 3. The third-order valence-electron chi connectivity index (χ3n) is 2.11. The summed E-state index contributed by atoms with van der Waals surface area (Å²) in [5.41, 5.74) is 1.71. The zero-order chi connectivity index (χ0) is 11.5. The minimum Gasteiger partial charge on any atom is -0.481 e. The molecule has 0 aliphatic carbocycles. The first-order valence-electron chi connectivity index (χ1n) is 4.75. The molecular weight excluding hydrogens is 224 g/mol. The molecule has 2 aromatic rings. The van der Waals surface area contributed by atoms with Gasteiger partial charge in [0.1, 0.15) is 5.01 Å². The Kier molecular flexibility index (Phi) is 2.96. The van der Waals surface area contributed by atoms with Crippen LogP contribution in [0.5, 0.6) is 0 Å². The second-order valence-electron chi connectivity index (χ2n) is 3.34. The van der Waals surface area contributed by atoms with Gasteiger partial charge in [0.2, 0.25) is 0 Å². The number of aryl methyl sites for hydroxylation is 1. The first kappa shape index (κ1) is 10.8. The predicted molar refractivity (Wildman–Crippen MR) is 61.4 cm³/mol. The highest BCUT2D eigenvalue weighted by atomic mass is 32.1. The van der Waals surface area contributed by atoms with Crippen LogP contribution in [-0.4, -0.2) is 21.0 Å². The summed E-state index contributed by atoms with van der Waals surface area (Å²) in [6.07, 6.45) is 3.45. The SMILES string of the molecule is Cc1nc(-c2cccnc2)sc1CC(=O)O. The minimum atomic E-state index is -0.829. The maximum absolute atomic E-state index is 10.6. The Morgan fingerprint density at radius 1 is 1.56 bits per heavy atom. The van der Waals surface area contributed by atoms with E-state index >= 15 is 0 Å². The number of hydrogen-bond donors (Lipinski definition) is 1. The molecule has 1 N–H and O–H groups in total. The van der Waals surface area contributed by atoms with Crippen LogP contribution in [0.2, 0.25) is 0 Å². The van der Waals surface area contributed by atoms with Crippen LogP contribution in [0, 0.1) is 6.92 Å². The van der Waals surface area contributed by atoms with E-state index in [1.807, 2.05) is 19.1 Å². The molecule has 2 aromatic heterocycles. The summed E-state index contributed by atoms with van der Waals surface area (Å²) < 4.78 is 0.